The van der Waals surface area contributed by atoms with Crippen molar-refractivity contribution in [2.75, 3.05) is 4.90 Å². The zero-order chi connectivity index (χ0) is 22.3. The Bertz CT molecular complexity index is 1230. The van der Waals surface area contributed by atoms with E-state index in [1.165, 1.54) is 0 Å². The minimum atomic E-state index is -0.508. The molecule has 1 N–H and O–H groups in total. The number of carbonyl (C=O) groups excluding carboxylic acids is 3. The van der Waals surface area contributed by atoms with E-state index in [0.29, 0.717) is 17.0 Å². The van der Waals surface area contributed by atoms with Crippen LogP contribution in [-0.2, 0) is 15.0 Å². The third-order valence-electron chi connectivity index (χ3n) is 6.48. The van der Waals surface area contributed by atoms with Crippen molar-refractivity contribution in [3.8, 4) is 0 Å². The number of hydrogen-bond acceptors (Lipinski definition) is 4. The molecule has 0 aromatic heterocycles. The molecule has 3 aliphatic heterocycles. The largest absolute Gasteiger partial charge is 0.302 e. The molecule has 3 heterocycles. The highest BCUT2D eigenvalue weighted by molar-refractivity contribution is 8.18. The van der Waals surface area contributed by atoms with Gasteiger partial charge in [-0.1, -0.05) is 42.3 Å². The van der Waals surface area contributed by atoms with Gasteiger partial charge in [-0.05, 0) is 68.3 Å². The van der Waals surface area contributed by atoms with E-state index >= 15 is 0 Å². The maximum Gasteiger partial charge on any atom is 0.290 e. The minimum Gasteiger partial charge on any atom is -0.302 e. The van der Waals surface area contributed by atoms with Gasteiger partial charge in [0.2, 0.25) is 0 Å². The summed E-state index contributed by atoms with van der Waals surface area (Å²) in [5.41, 5.74) is 4.17. The lowest BCUT2D eigenvalue weighted by Gasteiger charge is -2.50. The van der Waals surface area contributed by atoms with Crippen molar-refractivity contribution in [1.29, 1.82) is 0 Å². The van der Waals surface area contributed by atoms with Crippen LogP contribution >= 0.6 is 23.4 Å². The fraction of sp³-hybridized carbons (Fsp3) is 0.292. The van der Waals surface area contributed by atoms with Crippen LogP contribution in [0, 0.1) is 6.92 Å². The number of amides is 3. The predicted octanol–water partition coefficient (Wildman–Crippen LogP) is 5.18. The Morgan fingerprint density at radius 2 is 1.74 bits per heavy atom. The second-order valence-electron chi connectivity index (χ2n) is 9.23. The minimum absolute atomic E-state index is 0.182. The van der Waals surface area contributed by atoms with E-state index in [0.717, 1.165) is 39.7 Å². The molecule has 3 aliphatic rings. The van der Waals surface area contributed by atoms with E-state index in [4.69, 9.17) is 11.6 Å². The van der Waals surface area contributed by atoms with Crippen LogP contribution in [0.5, 0.6) is 0 Å². The van der Waals surface area contributed by atoms with Crippen molar-refractivity contribution in [3.63, 3.8) is 0 Å². The monoisotopic (exact) mass is 452 g/mol. The van der Waals surface area contributed by atoms with Crippen molar-refractivity contribution >= 4 is 51.7 Å². The standard InChI is InChI=1S/C24H21ClN2O3S/c1-12-9-15-17(19-20(28)26-22(30)31-19)21(29)27-18(15)16(10-12)24(4,11-23(27,2)3)13-5-7-14(25)8-6-13/h5-10H,11H2,1-4H3,(H,26,28,30). The van der Waals surface area contributed by atoms with Crippen molar-refractivity contribution in [2.24, 2.45) is 0 Å². The molecule has 0 radical (unpaired) electrons. The van der Waals surface area contributed by atoms with Gasteiger partial charge in [0.1, 0.15) is 0 Å². The molecule has 1 saturated heterocycles. The molecule has 2 aromatic carbocycles. The molecular weight excluding hydrogens is 432 g/mol. The lowest BCUT2D eigenvalue weighted by molar-refractivity contribution is -0.116. The molecule has 0 saturated carbocycles. The van der Waals surface area contributed by atoms with E-state index < -0.39 is 16.7 Å². The maximum atomic E-state index is 13.7. The second-order valence-corrected chi connectivity index (χ2v) is 10.6. The summed E-state index contributed by atoms with van der Waals surface area (Å²) < 4.78 is 0. The van der Waals surface area contributed by atoms with Gasteiger partial charge in [-0.2, -0.15) is 0 Å². The van der Waals surface area contributed by atoms with Gasteiger partial charge in [0.05, 0.1) is 16.2 Å². The summed E-state index contributed by atoms with van der Waals surface area (Å²) in [5.74, 6) is -0.732. The number of halogens is 1. The fourth-order valence-electron chi connectivity index (χ4n) is 5.35. The van der Waals surface area contributed by atoms with Crippen LogP contribution in [0.3, 0.4) is 0 Å². The molecule has 5 nitrogen and oxygen atoms in total. The van der Waals surface area contributed by atoms with E-state index in [1.54, 1.807) is 0 Å². The highest BCUT2D eigenvalue weighted by Gasteiger charge is 2.54. The molecule has 0 aliphatic carbocycles. The molecule has 3 amide bonds. The van der Waals surface area contributed by atoms with Crippen LogP contribution in [0.25, 0.3) is 5.57 Å². The van der Waals surface area contributed by atoms with Crippen LogP contribution in [0.1, 0.15) is 49.4 Å². The fourth-order valence-corrected chi connectivity index (χ4v) is 6.25. The molecule has 1 unspecified atom stereocenters. The third kappa shape index (κ3) is 2.81. The number of benzene rings is 2. The Morgan fingerprint density at radius 1 is 1.06 bits per heavy atom. The number of anilines is 1. The van der Waals surface area contributed by atoms with Crippen LogP contribution in [0.4, 0.5) is 10.5 Å². The second kappa shape index (κ2) is 6.47. The molecule has 0 spiro atoms. The lowest BCUT2D eigenvalue weighted by Crippen LogP contribution is -2.54. The summed E-state index contributed by atoms with van der Waals surface area (Å²) in [4.78, 5) is 40.0. The number of nitrogens with zero attached hydrogens (tertiary/aromatic N) is 1. The number of nitrogens with one attached hydrogen (secondary N) is 1. The topological polar surface area (TPSA) is 66.5 Å². The zero-order valence-corrected chi connectivity index (χ0v) is 19.2. The number of hydrogen-bond donors (Lipinski definition) is 1. The van der Waals surface area contributed by atoms with Gasteiger partial charge in [-0.3, -0.25) is 19.7 Å². The van der Waals surface area contributed by atoms with E-state index in [-0.39, 0.29) is 16.2 Å². The average Bonchev–Trinajstić information content (AvgIpc) is 3.15. The van der Waals surface area contributed by atoms with Crippen LogP contribution in [0.15, 0.2) is 41.3 Å². The van der Waals surface area contributed by atoms with Crippen LogP contribution in [0.2, 0.25) is 5.02 Å². The number of carbonyl (C=O) groups is 3. The zero-order valence-electron chi connectivity index (χ0n) is 17.6. The van der Waals surface area contributed by atoms with Crippen molar-refractivity contribution in [1.82, 2.24) is 5.32 Å². The van der Waals surface area contributed by atoms with Gasteiger partial charge < -0.3 is 4.90 Å². The van der Waals surface area contributed by atoms with E-state index in [9.17, 15) is 14.4 Å². The van der Waals surface area contributed by atoms with E-state index in [2.05, 4.69) is 18.3 Å². The van der Waals surface area contributed by atoms with Gasteiger partial charge in [0.25, 0.3) is 17.1 Å². The summed E-state index contributed by atoms with van der Waals surface area (Å²) in [6.07, 6.45) is 0.699. The quantitative estimate of drug-likeness (QED) is 0.605. The van der Waals surface area contributed by atoms with Crippen molar-refractivity contribution < 1.29 is 14.4 Å². The summed E-state index contributed by atoms with van der Waals surface area (Å²) in [6, 6.07) is 11.9. The molecular formula is C24H21ClN2O3S. The smallest absolute Gasteiger partial charge is 0.290 e. The Kier molecular flexibility index (Phi) is 4.24. The average molecular weight is 453 g/mol. The first-order valence-corrected chi connectivity index (χ1v) is 11.3. The van der Waals surface area contributed by atoms with Crippen LogP contribution in [-0.4, -0.2) is 22.6 Å². The van der Waals surface area contributed by atoms with Crippen LogP contribution < -0.4 is 10.2 Å². The Balaban J connectivity index is 1.84. The number of aryl methyl sites for hydroxylation is 1. The van der Waals surface area contributed by atoms with Crippen molar-refractivity contribution in [3.05, 3.63) is 68.6 Å². The van der Waals surface area contributed by atoms with Gasteiger partial charge in [0.15, 0.2) is 0 Å². The first kappa shape index (κ1) is 20.3. The first-order chi connectivity index (χ1) is 14.5. The molecule has 7 heteroatoms. The molecule has 158 valence electrons. The number of rotatable bonds is 1. The van der Waals surface area contributed by atoms with Gasteiger partial charge in [-0.15, -0.1) is 0 Å². The summed E-state index contributed by atoms with van der Waals surface area (Å²) in [5, 5.41) is 2.51. The summed E-state index contributed by atoms with van der Waals surface area (Å²) in [6.45, 7) is 8.28. The van der Waals surface area contributed by atoms with Gasteiger partial charge in [-0.25, -0.2) is 0 Å². The van der Waals surface area contributed by atoms with Gasteiger partial charge in [0, 0.05) is 21.5 Å². The molecule has 2 aromatic rings. The Labute approximate surface area is 189 Å². The molecule has 0 bridgehead atoms. The SMILES string of the molecule is Cc1cc2c3c(c1)C(C)(c1ccc(Cl)cc1)CC(C)(C)N3C(=O)C2=C1SC(=O)NC1=O. The highest BCUT2D eigenvalue weighted by atomic mass is 35.5. The summed E-state index contributed by atoms with van der Waals surface area (Å²) >= 11 is 6.94. The number of thioether (sulfide) groups is 1. The third-order valence-corrected chi connectivity index (χ3v) is 7.61. The maximum absolute atomic E-state index is 13.7. The predicted molar refractivity (Wildman–Crippen MR) is 123 cm³/mol. The molecule has 1 fully saturated rings. The molecule has 5 rings (SSSR count). The first-order valence-electron chi connectivity index (χ1n) is 10.1. The van der Waals surface area contributed by atoms with Crippen molar-refractivity contribution in [2.45, 2.75) is 45.1 Å². The number of imide groups is 1. The molecule has 1 atom stereocenters. The Hall–Kier alpha value is -2.57. The normalized spacial score (nSPS) is 26.4. The summed E-state index contributed by atoms with van der Waals surface area (Å²) in [7, 11) is 0. The van der Waals surface area contributed by atoms with E-state index in [1.807, 2.05) is 56.0 Å². The molecule has 31 heavy (non-hydrogen) atoms. The Morgan fingerprint density at radius 3 is 2.35 bits per heavy atom. The van der Waals surface area contributed by atoms with Gasteiger partial charge >= 0.3 is 0 Å². The lowest BCUT2D eigenvalue weighted by atomic mass is 9.65. The highest BCUT2D eigenvalue weighted by Crippen LogP contribution is 2.57.